The lowest BCUT2D eigenvalue weighted by atomic mass is 10.1. The van der Waals surface area contributed by atoms with Gasteiger partial charge in [0.25, 0.3) is 0 Å². The lowest BCUT2D eigenvalue weighted by Gasteiger charge is -2.14. The van der Waals surface area contributed by atoms with Crippen molar-refractivity contribution < 1.29 is 9.47 Å². The first-order valence-corrected chi connectivity index (χ1v) is 11.8. The van der Waals surface area contributed by atoms with E-state index < -0.39 is 0 Å². The predicted octanol–water partition coefficient (Wildman–Crippen LogP) is 5.18. The fourth-order valence-corrected chi connectivity index (χ4v) is 3.95. The van der Waals surface area contributed by atoms with Gasteiger partial charge in [0, 0.05) is 6.54 Å². The van der Waals surface area contributed by atoms with Crippen LogP contribution in [0.4, 0.5) is 5.69 Å². The van der Waals surface area contributed by atoms with Gasteiger partial charge in [0.1, 0.15) is 0 Å². The zero-order chi connectivity index (χ0) is 23.8. The molecule has 1 heterocycles. The summed E-state index contributed by atoms with van der Waals surface area (Å²) in [5, 5.41) is 11.9. The molecule has 0 aliphatic heterocycles. The highest BCUT2D eigenvalue weighted by molar-refractivity contribution is 7.80. The number of aromatic nitrogens is 2. The maximum Gasteiger partial charge on any atom is 0.170 e. The Hall–Kier alpha value is -3.06. The van der Waals surface area contributed by atoms with E-state index in [0.717, 1.165) is 47.1 Å². The van der Waals surface area contributed by atoms with Crippen LogP contribution in [0.15, 0.2) is 42.5 Å². The molecule has 0 aliphatic carbocycles. The van der Waals surface area contributed by atoms with Gasteiger partial charge >= 0.3 is 0 Å². The van der Waals surface area contributed by atoms with E-state index in [9.17, 15) is 0 Å². The summed E-state index contributed by atoms with van der Waals surface area (Å²) in [6.07, 6.45) is 0.818. The van der Waals surface area contributed by atoms with Gasteiger partial charge in [-0.3, -0.25) is 4.68 Å². The molecule has 2 aromatic carbocycles. The molecule has 0 fully saturated rings. The number of benzene rings is 2. The van der Waals surface area contributed by atoms with Crippen molar-refractivity contribution in [2.45, 2.75) is 47.6 Å². The molecule has 3 aromatic rings. The average Bonchev–Trinajstić information content (AvgIpc) is 3.03. The summed E-state index contributed by atoms with van der Waals surface area (Å²) in [4.78, 5) is 0. The topological polar surface area (TPSA) is 60.3 Å². The summed E-state index contributed by atoms with van der Waals surface area (Å²) >= 11 is 5.55. The minimum atomic E-state index is 0.590. The molecule has 33 heavy (non-hydrogen) atoms. The van der Waals surface area contributed by atoms with E-state index in [2.05, 4.69) is 54.8 Å². The molecule has 176 valence electrons. The molecule has 0 saturated carbocycles. The van der Waals surface area contributed by atoms with Gasteiger partial charge in [-0.1, -0.05) is 35.9 Å². The third kappa shape index (κ3) is 6.71. The molecule has 0 aliphatic rings. The van der Waals surface area contributed by atoms with Gasteiger partial charge in [-0.15, -0.1) is 0 Å². The van der Waals surface area contributed by atoms with Crippen LogP contribution in [0.3, 0.4) is 0 Å². The summed E-state index contributed by atoms with van der Waals surface area (Å²) < 4.78 is 13.4. The zero-order valence-electron chi connectivity index (χ0n) is 20.2. The molecule has 3 rings (SSSR count). The lowest BCUT2D eigenvalue weighted by Crippen LogP contribution is -2.30. The standard InChI is InChI=1S/C26H34N4O2S/c1-6-31-23-12-11-21(16-24(23)32-7-2)13-14-27-26(33)28-25-19(4)29-30(20(25)5)17-22-10-8-9-18(3)15-22/h8-12,15-16H,6-7,13-14,17H2,1-5H3,(H2,27,28,33). The van der Waals surface area contributed by atoms with E-state index in [-0.39, 0.29) is 0 Å². The second-order valence-corrected chi connectivity index (χ2v) is 8.38. The molecular formula is C26H34N4O2S. The van der Waals surface area contributed by atoms with Crippen molar-refractivity contribution in [1.29, 1.82) is 0 Å². The van der Waals surface area contributed by atoms with Crippen molar-refractivity contribution in [3.05, 3.63) is 70.5 Å². The molecule has 1 aromatic heterocycles. The number of thiocarbonyl (C=S) groups is 1. The molecule has 2 N–H and O–H groups in total. The van der Waals surface area contributed by atoms with E-state index in [1.165, 1.54) is 11.1 Å². The van der Waals surface area contributed by atoms with Crippen LogP contribution in [0.25, 0.3) is 0 Å². The fourth-order valence-electron chi connectivity index (χ4n) is 3.74. The van der Waals surface area contributed by atoms with Crippen molar-refractivity contribution in [2.24, 2.45) is 0 Å². The van der Waals surface area contributed by atoms with Gasteiger partial charge in [0.2, 0.25) is 0 Å². The van der Waals surface area contributed by atoms with E-state index in [4.69, 9.17) is 26.8 Å². The first-order chi connectivity index (χ1) is 15.9. The highest BCUT2D eigenvalue weighted by Gasteiger charge is 2.13. The Balaban J connectivity index is 1.57. The molecule has 6 nitrogen and oxygen atoms in total. The Morgan fingerprint density at radius 1 is 0.970 bits per heavy atom. The number of anilines is 1. The summed E-state index contributed by atoms with van der Waals surface area (Å²) in [6, 6.07) is 14.6. The molecule has 0 bridgehead atoms. The Morgan fingerprint density at radius 2 is 1.73 bits per heavy atom. The fraction of sp³-hybridized carbons (Fsp3) is 0.385. The summed E-state index contributed by atoms with van der Waals surface area (Å²) in [7, 11) is 0. The lowest BCUT2D eigenvalue weighted by molar-refractivity contribution is 0.287. The van der Waals surface area contributed by atoms with Crippen LogP contribution < -0.4 is 20.1 Å². The Kier molecular flexibility index (Phi) is 8.72. The van der Waals surface area contributed by atoms with Gasteiger partial charge in [-0.2, -0.15) is 5.10 Å². The van der Waals surface area contributed by atoms with Gasteiger partial charge in [-0.25, -0.2) is 0 Å². The maximum atomic E-state index is 5.72. The van der Waals surface area contributed by atoms with Crippen molar-refractivity contribution in [3.8, 4) is 11.5 Å². The number of hydrogen-bond donors (Lipinski definition) is 2. The maximum absolute atomic E-state index is 5.72. The van der Waals surface area contributed by atoms with Gasteiger partial charge in [-0.05, 0) is 76.5 Å². The van der Waals surface area contributed by atoms with Gasteiger partial charge < -0.3 is 20.1 Å². The molecule has 0 saturated heterocycles. The summed E-state index contributed by atoms with van der Waals surface area (Å²) in [6.45, 7) is 12.8. The molecule has 0 atom stereocenters. The predicted molar refractivity (Wildman–Crippen MR) is 139 cm³/mol. The van der Waals surface area contributed by atoms with Crippen LogP contribution in [0, 0.1) is 20.8 Å². The SMILES string of the molecule is CCOc1ccc(CCNC(=S)Nc2c(C)nn(Cc3cccc(C)c3)c2C)cc1OCC. The van der Waals surface area contributed by atoms with Crippen molar-refractivity contribution in [3.63, 3.8) is 0 Å². The largest absolute Gasteiger partial charge is 0.490 e. The van der Waals surface area contributed by atoms with Gasteiger partial charge in [0.15, 0.2) is 16.6 Å². The minimum Gasteiger partial charge on any atom is -0.490 e. The second kappa shape index (κ2) is 11.7. The van der Waals surface area contributed by atoms with E-state index in [1.807, 2.05) is 37.6 Å². The monoisotopic (exact) mass is 466 g/mol. The number of hydrogen-bond acceptors (Lipinski definition) is 4. The Labute approximate surface area is 202 Å². The van der Waals surface area contributed by atoms with Gasteiger partial charge in [0.05, 0.1) is 36.8 Å². The Bertz CT molecular complexity index is 1090. The van der Waals surface area contributed by atoms with Crippen LogP contribution in [-0.4, -0.2) is 34.7 Å². The number of nitrogens with one attached hydrogen (secondary N) is 2. The van der Waals surface area contributed by atoms with Crippen LogP contribution in [0.2, 0.25) is 0 Å². The highest BCUT2D eigenvalue weighted by atomic mass is 32.1. The van der Waals surface area contributed by atoms with Crippen LogP contribution in [-0.2, 0) is 13.0 Å². The zero-order valence-corrected chi connectivity index (χ0v) is 21.0. The molecule has 7 heteroatoms. The van der Waals surface area contributed by atoms with Crippen LogP contribution in [0.1, 0.15) is 41.9 Å². The van der Waals surface area contributed by atoms with E-state index in [1.54, 1.807) is 0 Å². The minimum absolute atomic E-state index is 0.590. The first-order valence-electron chi connectivity index (χ1n) is 11.4. The first kappa shape index (κ1) is 24.6. The third-order valence-corrected chi connectivity index (χ3v) is 5.59. The highest BCUT2D eigenvalue weighted by Crippen LogP contribution is 2.28. The molecule has 0 unspecified atom stereocenters. The molecule has 0 amide bonds. The number of aryl methyl sites for hydroxylation is 2. The molecule has 0 radical (unpaired) electrons. The smallest absolute Gasteiger partial charge is 0.170 e. The average molecular weight is 467 g/mol. The van der Waals surface area contributed by atoms with E-state index in [0.29, 0.717) is 24.9 Å². The summed E-state index contributed by atoms with van der Waals surface area (Å²) in [5.41, 5.74) is 6.59. The van der Waals surface area contributed by atoms with Crippen molar-refractivity contribution >= 4 is 23.0 Å². The molecular weight excluding hydrogens is 432 g/mol. The number of nitrogens with zero attached hydrogens (tertiary/aromatic N) is 2. The normalized spacial score (nSPS) is 10.7. The molecule has 0 spiro atoms. The second-order valence-electron chi connectivity index (χ2n) is 7.97. The third-order valence-electron chi connectivity index (χ3n) is 5.34. The van der Waals surface area contributed by atoms with Crippen LogP contribution in [0.5, 0.6) is 11.5 Å². The summed E-state index contributed by atoms with van der Waals surface area (Å²) in [5.74, 6) is 1.56. The Morgan fingerprint density at radius 3 is 2.45 bits per heavy atom. The van der Waals surface area contributed by atoms with Crippen molar-refractivity contribution in [1.82, 2.24) is 15.1 Å². The van der Waals surface area contributed by atoms with Crippen LogP contribution >= 0.6 is 12.2 Å². The quantitative estimate of drug-likeness (QED) is 0.401. The number of rotatable bonds is 10. The van der Waals surface area contributed by atoms with E-state index >= 15 is 0 Å². The van der Waals surface area contributed by atoms with Crippen molar-refractivity contribution in [2.75, 3.05) is 25.1 Å². The number of ether oxygens (including phenoxy) is 2.